The maximum Gasteiger partial charge on any atom is 0.234 e. The molecule has 0 radical (unpaired) electrons. The molecule has 0 bridgehead atoms. The van der Waals surface area contributed by atoms with E-state index in [0.717, 1.165) is 28.8 Å². The number of amides is 1. The minimum Gasteiger partial charge on any atom is -0.343 e. The molecule has 144 valence electrons. The Bertz CT molecular complexity index is 892. The molecule has 0 aliphatic heterocycles. The summed E-state index contributed by atoms with van der Waals surface area (Å²) in [4.78, 5) is 16.2. The molecule has 1 aliphatic rings. The van der Waals surface area contributed by atoms with Crippen molar-refractivity contribution in [3.05, 3.63) is 93.9 Å². The van der Waals surface area contributed by atoms with E-state index in [1.807, 2.05) is 41.8 Å². The van der Waals surface area contributed by atoms with Gasteiger partial charge in [0.25, 0.3) is 0 Å². The molecule has 1 heterocycles. The number of carbonyl (C=O) groups excluding carboxylic acids is 1. The van der Waals surface area contributed by atoms with Crippen LogP contribution in [-0.2, 0) is 11.3 Å². The summed E-state index contributed by atoms with van der Waals surface area (Å²) in [6.07, 6.45) is 2.23. The monoisotopic (exact) mass is 394 g/mol. The molecular formula is C23H23FN2OS. The topological polar surface area (TPSA) is 32.3 Å². The lowest BCUT2D eigenvalue weighted by Crippen LogP contribution is -2.39. The zero-order valence-electron chi connectivity index (χ0n) is 15.6. The van der Waals surface area contributed by atoms with Crippen LogP contribution in [0.5, 0.6) is 0 Å². The first-order valence-electron chi connectivity index (χ1n) is 9.55. The second-order valence-corrected chi connectivity index (χ2v) is 8.17. The largest absolute Gasteiger partial charge is 0.343 e. The van der Waals surface area contributed by atoms with E-state index in [1.54, 1.807) is 23.5 Å². The lowest BCUT2D eigenvalue weighted by atomic mass is 10.1. The van der Waals surface area contributed by atoms with Gasteiger partial charge in [0.1, 0.15) is 5.82 Å². The molecule has 0 unspecified atom stereocenters. The van der Waals surface area contributed by atoms with Crippen molar-refractivity contribution in [2.24, 2.45) is 0 Å². The molecule has 1 atom stereocenters. The maximum atomic E-state index is 13.2. The smallest absolute Gasteiger partial charge is 0.234 e. The number of nitrogens with one attached hydrogen (secondary N) is 1. The van der Waals surface area contributed by atoms with Crippen molar-refractivity contribution in [3.8, 4) is 0 Å². The van der Waals surface area contributed by atoms with Crippen LogP contribution in [0.4, 0.5) is 4.39 Å². The molecule has 1 aromatic heterocycles. The molecule has 2 aromatic carbocycles. The Balaban J connectivity index is 1.45. The summed E-state index contributed by atoms with van der Waals surface area (Å²) in [5.41, 5.74) is 2.11. The van der Waals surface area contributed by atoms with Crippen LogP contribution in [0.25, 0.3) is 0 Å². The van der Waals surface area contributed by atoms with Gasteiger partial charge in [-0.25, -0.2) is 4.39 Å². The molecule has 1 saturated carbocycles. The van der Waals surface area contributed by atoms with Gasteiger partial charge in [-0.3, -0.25) is 9.69 Å². The Morgan fingerprint density at radius 1 is 1.07 bits per heavy atom. The minimum atomic E-state index is -0.235. The van der Waals surface area contributed by atoms with Gasteiger partial charge in [0.2, 0.25) is 5.91 Å². The van der Waals surface area contributed by atoms with Gasteiger partial charge >= 0.3 is 0 Å². The highest BCUT2D eigenvalue weighted by molar-refractivity contribution is 7.10. The summed E-state index contributed by atoms with van der Waals surface area (Å²) in [7, 11) is 0. The SMILES string of the molecule is O=C(CN(Cc1ccc(F)cc1)C1CC1)N[C@H](c1ccccc1)c1cccs1. The van der Waals surface area contributed by atoms with Crippen LogP contribution in [-0.4, -0.2) is 23.4 Å². The normalized spacial score (nSPS) is 14.8. The predicted molar refractivity (Wildman–Crippen MR) is 111 cm³/mol. The quantitative estimate of drug-likeness (QED) is 0.598. The van der Waals surface area contributed by atoms with Crippen LogP contribution in [0.2, 0.25) is 0 Å². The molecule has 1 fully saturated rings. The Labute approximate surface area is 168 Å². The molecule has 5 heteroatoms. The summed E-state index contributed by atoms with van der Waals surface area (Å²) in [5.74, 6) is -0.225. The molecule has 0 saturated heterocycles. The Hall–Kier alpha value is -2.50. The average Bonchev–Trinajstić information content (AvgIpc) is 3.42. The zero-order valence-corrected chi connectivity index (χ0v) is 16.4. The molecule has 3 nitrogen and oxygen atoms in total. The van der Waals surface area contributed by atoms with E-state index >= 15 is 0 Å². The van der Waals surface area contributed by atoms with Gasteiger partial charge in [-0.05, 0) is 47.5 Å². The van der Waals surface area contributed by atoms with Gasteiger partial charge in [-0.15, -0.1) is 11.3 Å². The molecule has 4 rings (SSSR count). The van der Waals surface area contributed by atoms with Gasteiger partial charge < -0.3 is 5.32 Å². The van der Waals surface area contributed by atoms with Crippen molar-refractivity contribution >= 4 is 17.2 Å². The first kappa shape index (κ1) is 18.8. The number of benzene rings is 2. The second kappa shape index (κ2) is 8.67. The summed E-state index contributed by atoms with van der Waals surface area (Å²) in [6.45, 7) is 1.00. The summed E-state index contributed by atoms with van der Waals surface area (Å²) < 4.78 is 13.2. The minimum absolute atomic E-state index is 0.0104. The van der Waals surface area contributed by atoms with Crippen LogP contribution < -0.4 is 5.32 Å². The summed E-state index contributed by atoms with van der Waals surface area (Å²) in [5, 5.41) is 5.24. The van der Waals surface area contributed by atoms with Gasteiger partial charge in [-0.1, -0.05) is 48.5 Å². The zero-order chi connectivity index (χ0) is 19.3. The van der Waals surface area contributed by atoms with Crippen LogP contribution in [0.1, 0.15) is 34.9 Å². The van der Waals surface area contributed by atoms with E-state index in [-0.39, 0.29) is 17.8 Å². The first-order chi connectivity index (χ1) is 13.7. The number of carbonyl (C=O) groups is 1. The average molecular weight is 395 g/mol. The van der Waals surface area contributed by atoms with Crippen LogP contribution >= 0.6 is 11.3 Å². The molecule has 3 aromatic rings. The third-order valence-electron chi connectivity index (χ3n) is 4.97. The fraction of sp³-hybridized carbons (Fsp3) is 0.261. The van der Waals surface area contributed by atoms with Gasteiger partial charge in [0.15, 0.2) is 0 Å². The van der Waals surface area contributed by atoms with E-state index in [9.17, 15) is 9.18 Å². The van der Waals surface area contributed by atoms with Crippen LogP contribution in [0.15, 0.2) is 72.1 Å². The Morgan fingerprint density at radius 3 is 2.46 bits per heavy atom. The fourth-order valence-corrected chi connectivity index (χ4v) is 4.19. The Kier molecular flexibility index (Phi) is 5.84. The van der Waals surface area contributed by atoms with E-state index < -0.39 is 0 Å². The van der Waals surface area contributed by atoms with E-state index in [0.29, 0.717) is 19.1 Å². The van der Waals surface area contributed by atoms with Gasteiger partial charge in [0.05, 0.1) is 12.6 Å². The molecule has 0 spiro atoms. The van der Waals surface area contributed by atoms with E-state index in [4.69, 9.17) is 0 Å². The predicted octanol–water partition coefficient (Wildman–Crippen LogP) is 4.76. The Morgan fingerprint density at radius 2 is 1.82 bits per heavy atom. The second-order valence-electron chi connectivity index (χ2n) is 7.19. The van der Waals surface area contributed by atoms with E-state index in [2.05, 4.69) is 16.3 Å². The third-order valence-corrected chi connectivity index (χ3v) is 5.91. The lowest BCUT2D eigenvalue weighted by molar-refractivity contribution is -0.123. The molecule has 1 amide bonds. The molecule has 1 N–H and O–H groups in total. The number of rotatable bonds is 8. The van der Waals surface area contributed by atoms with Crippen molar-refractivity contribution in [2.75, 3.05) is 6.54 Å². The standard InChI is InChI=1S/C23H23FN2OS/c24-19-10-8-17(9-11-19)15-26(20-12-13-20)16-22(27)25-23(21-7-4-14-28-21)18-5-2-1-3-6-18/h1-11,14,20,23H,12-13,15-16H2,(H,25,27)/t23-/m1/s1. The van der Waals surface area contributed by atoms with E-state index in [1.165, 1.54) is 12.1 Å². The fourth-order valence-electron chi connectivity index (χ4n) is 3.39. The van der Waals surface area contributed by atoms with Crippen molar-refractivity contribution in [1.29, 1.82) is 0 Å². The highest BCUT2D eigenvalue weighted by Gasteiger charge is 2.31. The highest BCUT2D eigenvalue weighted by Crippen LogP contribution is 2.29. The maximum absolute atomic E-state index is 13.2. The third kappa shape index (κ3) is 4.86. The van der Waals surface area contributed by atoms with Crippen LogP contribution in [0, 0.1) is 5.82 Å². The molecule has 28 heavy (non-hydrogen) atoms. The number of thiophene rings is 1. The van der Waals surface area contributed by atoms with Crippen molar-refractivity contribution in [2.45, 2.75) is 31.5 Å². The van der Waals surface area contributed by atoms with Gasteiger partial charge in [0, 0.05) is 17.5 Å². The summed E-state index contributed by atoms with van der Waals surface area (Å²) >= 11 is 1.65. The first-order valence-corrected chi connectivity index (χ1v) is 10.4. The molecule has 1 aliphatic carbocycles. The van der Waals surface area contributed by atoms with Crippen LogP contribution in [0.3, 0.4) is 0 Å². The number of hydrogen-bond donors (Lipinski definition) is 1. The number of hydrogen-bond acceptors (Lipinski definition) is 3. The lowest BCUT2D eigenvalue weighted by Gasteiger charge is -2.24. The van der Waals surface area contributed by atoms with Crippen molar-refractivity contribution < 1.29 is 9.18 Å². The molecular weight excluding hydrogens is 371 g/mol. The summed E-state index contributed by atoms with van der Waals surface area (Å²) in [6, 6.07) is 21.0. The number of nitrogens with zero attached hydrogens (tertiary/aromatic N) is 1. The van der Waals surface area contributed by atoms with Crippen molar-refractivity contribution in [1.82, 2.24) is 10.2 Å². The van der Waals surface area contributed by atoms with Crippen molar-refractivity contribution in [3.63, 3.8) is 0 Å². The van der Waals surface area contributed by atoms with Gasteiger partial charge in [-0.2, -0.15) is 0 Å². The highest BCUT2D eigenvalue weighted by atomic mass is 32.1. The number of halogens is 1.